The zero-order valence-corrected chi connectivity index (χ0v) is 14.6. The van der Waals surface area contributed by atoms with Crippen LogP contribution in [-0.2, 0) is 0 Å². The maximum atomic E-state index is 12.0. The number of imidazole rings is 1. The van der Waals surface area contributed by atoms with Crippen molar-refractivity contribution in [1.29, 1.82) is 0 Å². The number of aromatic amines is 1. The number of nitrogens with zero attached hydrogens (tertiary/aromatic N) is 2. The summed E-state index contributed by atoms with van der Waals surface area (Å²) in [5.41, 5.74) is 3.06. The van der Waals surface area contributed by atoms with Crippen molar-refractivity contribution in [2.24, 2.45) is 5.10 Å². The minimum Gasteiger partial charge on any atom is -0.394 e. The number of H-pyrrole nitrogens is 1. The summed E-state index contributed by atoms with van der Waals surface area (Å²) in [7, 11) is 0. The van der Waals surface area contributed by atoms with Gasteiger partial charge in [-0.1, -0.05) is 17.7 Å². The Morgan fingerprint density at radius 2 is 2.12 bits per heavy atom. The summed E-state index contributed by atoms with van der Waals surface area (Å²) in [6, 6.07) is 6.36. The fourth-order valence-electron chi connectivity index (χ4n) is 2.05. The van der Waals surface area contributed by atoms with E-state index in [1.165, 1.54) is 12.3 Å². The van der Waals surface area contributed by atoms with Gasteiger partial charge in [-0.15, -0.1) is 0 Å². The first kappa shape index (κ1) is 20.0. The Bertz CT molecular complexity index is 794. The maximum Gasteiger partial charge on any atom is 0.271 e. The molecule has 0 aliphatic heterocycles. The van der Waals surface area contributed by atoms with Crippen LogP contribution < -0.4 is 5.43 Å². The zero-order valence-electron chi connectivity index (χ0n) is 13.8. The van der Waals surface area contributed by atoms with Crippen LogP contribution in [-0.4, -0.2) is 60.8 Å². The number of hydrogen-bond acceptors (Lipinski definition) is 7. The molecule has 0 spiro atoms. The average molecular weight is 383 g/mol. The van der Waals surface area contributed by atoms with Crippen LogP contribution in [0.2, 0.25) is 5.02 Å². The first-order valence-electron chi connectivity index (χ1n) is 7.64. The lowest BCUT2D eigenvalue weighted by Gasteiger charge is -2.19. The van der Waals surface area contributed by atoms with Gasteiger partial charge < -0.3 is 25.4 Å². The molecule has 0 unspecified atom stereocenters. The molecule has 2 aromatic rings. The van der Waals surface area contributed by atoms with Crippen molar-refractivity contribution in [3.05, 3.63) is 52.6 Å². The molecule has 0 saturated carbocycles. The number of rotatable bonds is 7. The summed E-state index contributed by atoms with van der Waals surface area (Å²) < 4.78 is 0. The smallest absolute Gasteiger partial charge is 0.271 e. The van der Waals surface area contributed by atoms with Crippen molar-refractivity contribution in [2.45, 2.75) is 25.2 Å². The molecular formula is C16H19ClN4O5. The molecule has 9 nitrogen and oxygen atoms in total. The summed E-state index contributed by atoms with van der Waals surface area (Å²) >= 11 is 5.83. The highest BCUT2D eigenvalue weighted by molar-refractivity contribution is 6.30. The van der Waals surface area contributed by atoms with Gasteiger partial charge in [-0.05, 0) is 25.1 Å². The first-order valence-corrected chi connectivity index (χ1v) is 8.02. The minimum atomic E-state index is -1.60. The molecule has 1 aromatic carbocycles. The summed E-state index contributed by atoms with van der Waals surface area (Å²) in [6.45, 7) is 0.873. The number of nitrogens with one attached hydrogen (secondary N) is 2. The van der Waals surface area contributed by atoms with Crippen LogP contribution in [0.25, 0.3) is 0 Å². The monoisotopic (exact) mass is 382 g/mol. The van der Waals surface area contributed by atoms with E-state index in [9.17, 15) is 20.1 Å². The predicted molar refractivity (Wildman–Crippen MR) is 93.8 cm³/mol. The van der Waals surface area contributed by atoms with Crippen LogP contribution in [0, 0.1) is 0 Å². The molecule has 0 fully saturated rings. The van der Waals surface area contributed by atoms with Gasteiger partial charge in [-0.25, -0.2) is 10.4 Å². The van der Waals surface area contributed by atoms with Crippen molar-refractivity contribution < 1.29 is 25.2 Å². The molecule has 3 atom stereocenters. The minimum absolute atomic E-state index is 0.0516. The van der Waals surface area contributed by atoms with Gasteiger partial charge in [0, 0.05) is 16.8 Å². The second-order valence-corrected chi connectivity index (χ2v) is 5.94. The Morgan fingerprint density at radius 1 is 1.38 bits per heavy atom. The third-order valence-corrected chi connectivity index (χ3v) is 3.80. The molecule has 0 aliphatic rings. The van der Waals surface area contributed by atoms with Crippen LogP contribution >= 0.6 is 11.6 Å². The third kappa shape index (κ3) is 4.87. The fourth-order valence-corrected chi connectivity index (χ4v) is 2.24. The molecule has 0 aliphatic carbocycles. The number of aliphatic hydroxyl groups excluding tert-OH is 4. The fraction of sp³-hybridized carbons (Fsp3) is 0.312. The number of amides is 1. The molecule has 1 aromatic heterocycles. The highest BCUT2D eigenvalue weighted by Crippen LogP contribution is 2.17. The van der Waals surface area contributed by atoms with Crippen LogP contribution in [0.1, 0.15) is 34.9 Å². The van der Waals surface area contributed by atoms with Gasteiger partial charge in [0.15, 0.2) is 5.82 Å². The molecule has 1 amide bonds. The number of hydrogen-bond donors (Lipinski definition) is 6. The van der Waals surface area contributed by atoms with Crippen molar-refractivity contribution in [1.82, 2.24) is 15.4 Å². The van der Waals surface area contributed by atoms with Gasteiger partial charge in [-0.2, -0.15) is 5.10 Å². The number of aromatic nitrogens is 2. The van der Waals surface area contributed by atoms with Crippen molar-refractivity contribution in [3.63, 3.8) is 0 Å². The molecule has 0 radical (unpaired) electrons. The second-order valence-electron chi connectivity index (χ2n) is 5.51. The Hall–Kier alpha value is -2.30. The third-order valence-electron chi connectivity index (χ3n) is 3.56. The molecule has 2 rings (SSSR count). The maximum absolute atomic E-state index is 12.0. The Kier molecular flexibility index (Phi) is 6.83. The lowest BCUT2D eigenvalue weighted by Crippen LogP contribution is -2.34. The van der Waals surface area contributed by atoms with Crippen molar-refractivity contribution >= 4 is 23.2 Å². The molecule has 0 bridgehead atoms. The van der Waals surface area contributed by atoms with E-state index < -0.39 is 30.8 Å². The molecule has 0 saturated heterocycles. The largest absolute Gasteiger partial charge is 0.394 e. The van der Waals surface area contributed by atoms with Crippen molar-refractivity contribution in [3.8, 4) is 0 Å². The molecule has 10 heteroatoms. The zero-order chi connectivity index (χ0) is 19.3. The molecular weight excluding hydrogens is 364 g/mol. The van der Waals surface area contributed by atoms with Gasteiger partial charge in [0.2, 0.25) is 0 Å². The quantitative estimate of drug-likeness (QED) is 0.292. The number of carbonyl (C=O) groups excluding carboxylic acids is 1. The van der Waals surface area contributed by atoms with E-state index in [0.29, 0.717) is 16.3 Å². The lowest BCUT2D eigenvalue weighted by atomic mass is 10.1. The van der Waals surface area contributed by atoms with Crippen molar-refractivity contribution in [2.75, 3.05) is 6.61 Å². The Morgan fingerprint density at radius 3 is 2.77 bits per heavy atom. The van der Waals surface area contributed by atoms with E-state index in [1.807, 2.05) is 0 Å². The number of aliphatic hydroxyl groups is 4. The molecule has 140 valence electrons. The topological polar surface area (TPSA) is 151 Å². The standard InChI is InChI=1S/C16H19ClN4O5/c1-8(20-21-16(26)9-3-2-4-10(17)5-9)15-18-6-11(19-15)13(24)14(25)12(23)7-22/h2-6,12-14,22-25H,7H2,1H3,(H,18,19)(H,21,26)/b20-8+/t12-,13-,14-/m1/s1. The van der Waals surface area contributed by atoms with Crippen LogP contribution in [0.15, 0.2) is 35.6 Å². The van der Waals surface area contributed by atoms with Gasteiger partial charge in [-0.3, -0.25) is 4.79 Å². The molecule has 26 heavy (non-hydrogen) atoms. The van der Waals surface area contributed by atoms with Gasteiger partial charge in [0.25, 0.3) is 5.91 Å². The number of halogens is 1. The SMILES string of the molecule is C/C(=N\NC(=O)c1cccc(Cl)c1)c1nc([C@@H](O)[C@H](O)[C@H](O)CO)c[nH]1. The Labute approximate surface area is 154 Å². The summed E-state index contributed by atoms with van der Waals surface area (Å²) in [4.78, 5) is 18.8. The van der Waals surface area contributed by atoms with E-state index >= 15 is 0 Å². The van der Waals surface area contributed by atoms with E-state index in [4.69, 9.17) is 16.7 Å². The lowest BCUT2D eigenvalue weighted by molar-refractivity contribution is -0.0788. The average Bonchev–Trinajstić information content (AvgIpc) is 3.14. The van der Waals surface area contributed by atoms with Gasteiger partial charge in [0.05, 0.1) is 12.3 Å². The first-order chi connectivity index (χ1) is 12.3. The predicted octanol–water partition coefficient (Wildman–Crippen LogP) is -0.0354. The highest BCUT2D eigenvalue weighted by Gasteiger charge is 2.27. The summed E-state index contributed by atoms with van der Waals surface area (Å²) in [6.07, 6.45) is -3.28. The number of carbonyl (C=O) groups is 1. The second kappa shape index (κ2) is 8.88. The number of hydrazone groups is 1. The molecule has 1 heterocycles. The van der Waals surface area contributed by atoms with Crippen LogP contribution in [0.4, 0.5) is 0 Å². The van der Waals surface area contributed by atoms with E-state index in [-0.39, 0.29) is 11.5 Å². The van der Waals surface area contributed by atoms with Crippen LogP contribution in [0.3, 0.4) is 0 Å². The van der Waals surface area contributed by atoms with E-state index in [1.54, 1.807) is 25.1 Å². The molecule has 6 N–H and O–H groups in total. The van der Waals surface area contributed by atoms with E-state index in [0.717, 1.165) is 0 Å². The summed E-state index contributed by atoms with van der Waals surface area (Å²) in [5, 5.41) is 42.2. The van der Waals surface area contributed by atoms with Gasteiger partial charge >= 0.3 is 0 Å². The van der Waals surface area contributed by atoms with E-state index in [2.05, 4.69) is 20.5 Å². The highest BCUT2D eigenvalue weighted by atomic mass is 35.5. The number of benzene rings is 1. The van der Waals surface area contributed by atoms with Gasteiger partial charge in [0.1, 0.15) is 24.0 Å². The summed E-state index contributed by atoms with van der Waals surface area (Å²) in [5.74, 6) is -0.212. The Balaban J connectivity index is 2.06. The normalized spacial score (nSPS) is 15.4. The van der Waals surface area contributed by atoms with Crippen LogP contribution in [0.5, 0.6) is 0 Å².